The van der Waals surface area contributed by atoms with Crippen LogP contribution in [0.3, 0.4) is 0 Å². The highest BCUT2D eigenvalue weighted by molar-refractivity contribution is 5.81. The predicted molar refractivity (Wildman–Crippen MR) is 50.4 cm³/mol. The lowest BCUT2D eigenvalue weighted by atomic mass is 10.3. The van der Waals surface area contributed by atoms with Gasteiger partial charge in [-0.05, 0) is 0 Å². The van der Waals surface area contributed by atoms with E-state index in [0.29, 0.717) is 0 Å². The number of alkyl carbamates (subject to hydrolysis) is 1. The Morgan fingerprint density at radius 1 is 1.11 bits per heavy atom. The molecule has 0 atom stereocenters. The van der Waals surface area contributed by atoms with Crippen LogP contribution in [-0.2, 0) is 14.3 Å². The molecule has 0 heterocycles. The molecule has 19 heavy (non-hydrogen) atoms. The van der Waals surface area contributed by atoms with E-state index in [2.05, 4.69) is 9.47 Å². The van der Waals surface area contributed by atoms with Crippen molar-refractivity contribution in [2.75, 3.05) is 27.0 Å². The fourth-order valence-electron chi connectivity index (χ4n) is 0.680. The van der Waals surface area contributed by atoms with Gasteiger partial charge in [-0.1, -0.05) is 0 Å². The van der Waals surface area contributed by atoms with E-state index in [-0.39, 0.29) is 0 Å². The zero-order valence-electron chi connectivity index (χ0n) is 9.64. The van der Waals surface area contributed by atoms with E-state index < -0.39 is 44.0 Å². The van der Waals surface area contributed by atoms with Gasteiger partial charge in [-0.25, -0.2) is 4.79 Å². The molecule has 0 aliphatic rings. The van der Waals surface area contributed by atoms with Crippen molar-refractivity contribution in [2.24, 2.45) is 0 Å². The molecule has 0 radical (unpaired) electrons. The summed E-state index contributed by atoms with van der Waals surface area (Å²) in [4.78, 5) is 21.4. The number of carbonyl (C=O) groups excluding carboxylic acids is 2. The van der Waals surface area contributed by atoms with Gasteiger partial charge in [-0.15, -0.1) is 0 Å². The fraction of sp³-hybridized carbons (Fsp3) is 0.750. The van der Waals surface area contributed by atoms with Crippen molar-refractivity contribution in [3.8, 4) is 0 Å². The van der Waals surface area contributed by atoms with Crippen molar-refractivity contribution in [2.45, 2.75) is 12.1 Å². The van der Waals surface area contributed by atoms with Crippen LogP contribution in [0.1, 0.15) is 0 Å². The van der Waals surface area contributed by atoms with E-state index in [9.17, 15) is 31.5 Å². The summed E-state index contributed by atoms with van der Waals surface area (Å²) in [5, 5.41) is 3.81. The minimum atomic E-state index is -5.72. The molecule has 0 bridgehead atoms. The number of ether oxygens (including phenoxy) is 2. The van der Waals surface area contributed by atoms with Gasteiger partial charge < -0.3 is 20.1 Å². The van der Waals surface area contributed by atoms with Crippen molar-refractivity contribution in [1.82, 2.24) is 10.6 Å². The number of carbonyl (C=O) groups is 2. The van der Waals surface area contributed by atoms with Gasteiger partial charge in [0.25, 0.3) is 0 Å². The highest BCUT2D eigenvalue weighted by Gasteiger charge is 2.57. The molecule has 0 aromatic carbocycles. The summed E-state index contributed by atoms with van der Waals surface area (Å²) in [6.07, 6.45) is -6.62. The molecular formula is C8H11F5N2O4. The standard InChI is InChI=1S/C8H11F5N2O4/c1-18-6(17)14-2-5(16)15-4-19-3-7(9,10)8(11,12)13/h2-4H2,1H3,(H,14,17)(H,15,16). The maximum atomic E-state index is 12.3. The van der Waals surface area contributed by atoms with Crippen LogP contribution in [0.25, 0.3) is 0 Å². The lowest BCUT2D eigenvalue weighted by Gasteiger charge is -2.19. The van der Waals surface area contributed by atoms with Gasteiger partial charge in [0.15, 0.2) is 0 Å². The van der Waals surface area contributed by atoms with Crippen LogP contribution in [-0.4, -0.2) is 51.1 Å². The lowest BCUT2D eigenvalue weighted by molar-refractivity contribution is -0.297. The van der Waals surface area contributed by atoms with Gasteiger partial charge in [0.2, 0.25) is 5.91 Å². The third-order valence-corrected chi connectivity index (χ3v) is 1.65. The molecule has 0 aromatic heterocycles. The van der Waals surface area contributed by atoms with E-state index in [1.165, 1.54) is 0 Å². The van der Waals surface area contributed by atoms with Crippen LogP contribution < -0.4 is 10.6 Å². The summed E-state index contributed by atoms with van der Waals surface area (Å²) in [7, 11) is 1.05. The SMILES string of the molecule is COC(=O)NCC(=O)NCOCC(F)(F)C(F)(F)F. The van der Waals surface area contributed by atoms with Gasteiger partial charge in [-0.2, -0.15) is 22.0 Å². The van der Waals surface area contributed by atoms with Gasteiger partial charge in [0, 0.05) is 0 Å². The lowest BCUT2D eigenvalue weighted by Crippen LogP contribution is -2.43. The Morgan fingerprint density at radius 2 is 1.68 bits per heavy atom. The Morgan fingerprint density at radius 3 is 2.16 bits per heavy atom. The second-order valence-electron chi connectivity index (χ2n) is 3.14. The Balaban J connectivity index is 3.81. The Labute approximate surface area is 104 Å². The summed E-state index contributed by atoms with van der Waals surface area (Å²) in [5.41, 5.74) is 0. The molecule has 0 aliphatic heterocycles. The third-order valence-electron chi connectivity index (χ3n) is 1.65. The average Bonchev–Trinajstić information content (AvgIpc) is 2.30. The smallest absolute Gasteiger partial charge is 0.453 e. The van der Waals surface area contributed by atoms with E-state index in [0.717, 1.165) is 7.11 Å². The first kappa shape index (κ1) is 17.4. The van der Waals surface area contributed by atoms with Crippen molar-refractivity contribution >= 4 is 12.0 Å². The molecule has 112 valence electrons. The number of hydrogen-bond donors (Lipinski definition) is 2. The monoisotopic (exact) mass is 294 g/mol. The molecule has 2 N–H and O–H groups in total. The van der Waals surface area contributed by atoms with Crippen molar-refractivity contribution in [3.63, 3.8) is 0 Å². The summed E-state index contributed by atoms with van der Waals surface area (Å²) >= 11 is 0. The van der Waals surface area contributed by atoms with Crippen LogP contribution in [0.4, 0.5) is 26.7 Å². The van der Waals surface area contributed by atoms with Crippen LogP contribution in [0.15, 0.2) is 0 Å². The zero-order chi connectivity index (χ0) is 15.1. The number of halogens is 5. The number of rotatable bonds is 6. The first-order valence-corrected chi connectivity index (χ1v) is 4.71. The molecule has 0 saturated carbocycles. The summed E-state index contributed by atoms with van der Waals surface area (Å²) in [5.74, 6) is -5.84. The van der Waals surface area contributed by atoms with E-state index in [1.807, 2.05) is 10.6 Å². The van der Waals surface area contributed by atoms with E-state index in [4.69, 9.17) is 0 Å². The second-order valence-corrected chi connectivity index (χ2v) is 3.14. The van der Waals surface area contributed by atoms with Gasteiger partial charge in [-0.3, -0.25) is 4.79 Å². The minimum Gasteiger partial charge on any atom is -0.453 e. The molecule has 0 unspecified atom stereocenters. The predicted octanol–water partition coefficient (Wildman–Crippen LogP) is 0.630. The van der Waals surface area contributed by atoms with Gasteiger partial charge in [0.1, 0.15) is 19.9 Å². The first-order chi connectivity index (χ1) is 8.60. The molecule has 0 spiro atoms. The highest BCUT2D eigenvalue weighted by Crippen LogP contribution is 2.35. The van der Waals surface area contributed by atoms with Crippen LogP contribution in [0.2, 0.25) is 0 Å². The largest absolute Gasteiger partial charge is 0.455 e. The number of alkyl halides is 5. The van der Waals surface area contributed by atoms with Gasteiger partial charge in [0.05, 0.1) is 7.11 Å². The molecule has 0 aromatic rings. The molecule has 11 heteroatoms. The van der Waals surface area contributed by atoms with Crippen molar-refractivity contribution in [3.05, 3.63) is 0 Å². The van der Waals surface area contributed by atoms with Crippen molar-refractivity contribution < 1.29 is 41.0 Å². The summed E-state index contributed by atoms with van der Waals surface area (Å²) in [6.45, 7) is -3.31. The molecule has 0 fully saturated rings. The molecule has 0 aliphatic carbocycles. The number of methoxy groups -OCH3 is 1. The zero-order valence-corrected chi connectivity index (χ0v) is 9.64. The van der Waals surface area contributed by atoms with Crippen LogP contribution in [0.5, 0.6) is 0 Å². The van der Waals surface area contributed by atoms with Crippen LogP contribution >= 0.6 is 0 Å². The van der Waals surface area contributed by atoms with Gasteiger partial charge >= 0.3 is 18.2 Å². The number of amides is 2. The van der Waals surface area contributed by atoms with Crippen molar-refractivity contribution in [1.29, 1.82) is 0 Å². The van der Waals surface area contributed by atoms with Crippen LogP contribution in [0, 0.1) is 0 Å². The fourth-order valence-corrected chi connectivity index (χ4v) is 0.680. The maximum Gasteiger partial charge on any atom is 0.455 e. The average molecular weight is 294 g/mol. The molecule has 6 nitrogen and oxygen atoms in total. The Bertz CT molecular complexity index is 321. The van der Waals surface area contributed by atoms with E-state index >= 15 is 0 Å². The molecule has 2 amide bonds. The third kappa shape index (κ3) is 6.74. The van der Waals surface area contributed by atoms with E-state index in [1.54, 1.807) is 0 Å². The first-order valence-electron chi connectivity index (χ1n) is 4.71. The molecule has 0 saturated heterocycles. The number of nitrogens with one attached hydrogen (secondary N) is 2. The summed E-state index contributed by atoms with van der Waals surface area (Å²) in [6, 6.07) is 0. The normalized spacial score (nSPS) is 11.9. The maximum absolute atomic E-state index is 12.3. The molecular weight excluding hydrogens is 283 g/mol. The topological polar surface area (TPSA) is 76.7 Å². The Hall–Kier alpha value is -1.65. The minimum absolute atomic E-state index is 0.536. The quantitative estimate of drug-likeness (QED) is 0.428. The molecule has 0 rings (SSSR count). The number of hydrogen-bond acceptors (Lipinski definition) is 4. The highest BCUT2D eigenvalue weighted by atomic mass is 19.4. The Kier molecular flexibility index (Phi) is 6.45. The summed E-state index contributed by atoms with van der Waals surface area (Å²) < 4.78 is 67.8. The second kappa shape index (κ2) is 7.07.